The molecular formula is C21H26N2O4. The molecule has 0 aliphatic heterocycles. The Morgan fingerprint density at radius 2 is 1.74 bits per heavy atom. The number of aryl methyl sites for hydroxylation is 1. The van der Waals surface area contributed by atoms with Gasteiger partial charge in [0.15, 0.2) is 11.5 Å². The Labute approximate surface area is 159 Å². The Morgan fingerprint density at radius 1 is 1.00 bits per heavy atom. The van der Waals surface area contributed by atoms with Crippen molar-refractivity contribution >= 4 is 5.69 Å². The summed E-state index contributed by atoms with van der Waals surface area (Å²) in [6, 6.07) is 7.57. The van der Waals surface area contributed by atoms with Gasteiger partial charge in [-0.25, -0.2) is 0 Å². The van der Waals surface area contributed by atoms with Gasteiger partial charge in [0.25, 0.3) is 0 Å². The molecule has 1 aliphatic rings. The molecule has 2 aromatic carbocycles. The molecule has 0 aromatic heterocycles. The van der Waals surface area contributed by atoms with E-state index < -0.39 is 0 Å². The summed E-state index contributed by atoms with van der Waals surface area (Å²) in [5.41, 5.74) is 4.47. The lowest BCUT2D eigenvalue weighted by molar-refractivity contribution is 0.324. The molecule has 0 heterocycles. The van der Waals surface area contributed by atoms with E-state index in [1.807, 2.05) is 25.2 Å². The summed E-state index contributed by atoms with van der Waals surface area (Å²) in [6.07, 6.45) is 1.68. The first kappa shape index (κ1) is 19.0. The molecule has 0 saturated carbocycles. The van der Waals surface area contributed by atoms with Crippen LogP contribution in [-0.2, 0) is 6.42 Å². The van der Waals surface area contributed by atoms with Gasteiger partial charge in [0.05, 0.1) is 27.0 Å². The van der Waals surface area contributed by atoms with Gasteiger partial charge < -0.3 is 24.8 Å². The monoisotopic (exact) mass is 370 g/mol. The molecule has 2 aromatic rings. The van der Waals surface area contributed by atoms with Crippen LogP contribution < -0.4 is 30.3 Å². The van der Waals surface area contributed by atoms with Crippen molar-refractivity contribution in [2.45, 2.75) is 18.9 Å². The lowest BCUT2D eigenvalue weighted by Crippen LogP contribution is -2.17. The molecule has 2 N–H and O–H groups in total. The minimum atomic E-state index is -0.0399. The van der Waals surface area contributed by atoms with Crippen LogP contribution in [0.4, 0.5) is 5.69 Å². The van der Waals surface area contributed by atoms with Crippen LogP contribution >= 0.6 is 0 Å². The van der Waals surface area contributed by atoms with Crippen LogP contribution in [0.15, 0.2) is 29.1 Å². The second-order valence-corrected chi connectivity index (χ2v) is 6.43. The maximum Gasteiger partial charge on any atom is 0.203 e. The molecule has 0 saturated heterocycles. The number of hydrogen-bond donors (Lipinski definition) is 2. The standard InChI is InChI=1S/C21H26N2O4/c1-22-15-8-6-12-10-18(25-3)20(26-4)21(27-5)19(12)13-7-9-16(23-2)17(24)11-14(13)15/h7,9-11,15,22H,6,8H2,1-5H3,(H,23,24)/t15-/m1/s1. The predicted octanol–water partition coefficient (Wildman–Crippen LogP) is 2.99. The van der Waals surface area contributed by atoms with Gasteiger partial charge in [0.2, 0.25) is 11.2 Å². The first-order chi connectivity index (χ1) is 13.1. The van der Waals surface area contributed by atoms with Crippen molar-refractivity contribution in [2.24, 2.45) is 0 Å². The number of fused-ring (bicyclic) bond motifs is 3. The zero-order valence-corrected chi connectivity index (χ0v) is 16.4. The van der Waals surface area contributed by atoms with Crippen LogP contribution in [0.25, 0.3) is 11.1 Å². The molecule has 0 radical (unpaired) electrons. The third-order valence-corrected chi connectivity index (χ3v) is 5.16. The van der Waals surface area contributed by atoms with Gasteiger partial charge in [0, 0.05) is 18.7 Å². The van der Waals surface area contributed by atoms with Crippen molar-refractivity contribution in [1.82, 2.24) is 5.32 Å². The molecule has 0 amide bonds. The van der Waals surface area contributed by atoms with Crippen LogP contribution in [0, 0.1) is 0 Å². The first-order valence-corrected chi connectivity index (χ1v) is 8.95. The largest absolute Gasteiger partial charge is 0.493 e. The van der Waals surface area contributed by atoms with E-state index >= 15 is 0 Å². The van der Waals surface area contributed by atoms with Gasteiger partial charge in [-0.3, -0.25) is 4.79 Å². The maximum absolute atomic E-state index is 12.6. The fraction of sp³-hybridized carbons (Fsp3) is 0.381. The summed E-state index contributed by atoms with van der Waals surface area (Å²) < 4.78 is 16.9. The van der Waals surface area contributed by atoms with Crippen molar-refractivity contribution in [3.63, 3.8) is 0 Å². The van der Waals surface area contributed by atoms with E-state index in [0.29, 0.717) is 22.9 Å². The number of benzene rings is 1. The molecule has 144 valence electrons. The highest BCUT2D eigenvalue weighted by Crippen LogP contribution is 2.50. The number of rotatable bonds is 5. The van der Waals surface area contributed by atoms with Gasteiger partial charge in [0.1, 0.15) is 0 Å². The van der Waals surface area contributed by atoms with Crippen molar-refractivity contribution in [2.75, 3.05) is 40.7 Å². The van der Waals surface area contributed by atoms with Crippen molar-refractivity contribution in [3.8, 4) is 28.4 Å². The Bertz CT molecular complexity index is 912. The summed E-state index contributed by atoms with van der Waals surface area (Å²) in [4.78, 5) is 12.6. The summed E-state index contributed by atoms with van der Waals surface area (Å²) in [6.45, 7) is 0. The van der Waals surface area contributed by atoms with Crippen molar-refractivity contribution in [3.05, 3.63) is 45.6 Å². The molecule has 0 spiro atoms. The second-order valence-electron chi connectivity index (χ2n) is 6.43. The smallest absolute Gasteiger partial charge is 0.203 e. The Morgan fingerprint density at radius 3 is 2.33 bits per heavy atom. The van der Waals surface area contributed by atoms with Crippen molar-refractivity contribution in [1.29, 1.82) is 0 Å². The Kier molecular flexibility index (Phi) is 5.56. The second kappa shape index (κ2) is 7.88. The fourth-order valence-corrected chi connectivity index (χ4v) is 3.82. The number of methoxy groups -OCH3 is 3. The lowest BCUT2D eigenvalue weighted by Gasteiger charge is -2.19. The first-order valence-electron chi connectivity index (χ1n) is 8.95. The summed E-state index contributed by atoms with van der Waals surface area (Å²) in [5.74, 6) is 1.81. The molecule has 1 aliphatic carbocycles. The summed E-state index contributed by atoms with van der Waals surface area (Å²) in [5, 5.41) is 6.32. The van der Waals surface area contributed by atoms with Crippen molar-refractivity contribution < 1.29 is 14.2 Å². The summed E-state index contributed by atoms with van der Waals surface area (Å²) >= 11 is 0. The number of hydrogen-bond acceptors (Lipinski definition) is 6. The van der Waals surface area contributed by atoms with Gasteiger partial charge in [-0.2, -0.15) is 0 Å². The highest BCUT2D eigenvalue weighted by atomic mass is 16.5. The van der Waals surface area contributed by atoms with E-state index in [1.54, 1.807) is 34.4 Å². The zero-order chi connectivity index (χ0) is 19.6. The SMILES string of the molecule is CNc1ccc2c(cc1=O)[C@H](NC)CCc1cc(OC)c(OC)c(OC)c1-2. The van der Waals surface area contributed by atoms with E-state index in [0.717, 1.165) is 35.1 Å². The third-order valence-electron chi connectivity index (χ3n) is 5.16. The molecule has 3 rings (SSSR count). The predicted molar refractivity (Wildman–Crippen MR) is 107 cm³/mol. The molecular weight excluding hydrogens is 344 g/mol. The summed E-state index contributed by atoms with van der Waals surface area (Å²) in [7, 11) is 8.51. The Balaban J connectivity index is 2.43. The highest BCUT2D eigenvalue weighted by molar-refractivity contribution is 5.82. The molecule has 6 nitrogen and oxygen atoms in total. The number of nitrogens with one attached hydrogen (secondary N) is 2. The van der Waals surface area contributed by atoms with Crippen LogP contribution in [0.2, 0.25) is 0 Å². The minimum Gasteiger partial charge on any atom is -0.493 e. The molecule has 6 heteroatoms. The minimum absolute atomic E-state index is 0.0399. The fourth-order valence-electron chi connectivity index (χ4n) is 3.82. The topological polar surface area (TPSA) is 68.8 Å². The molecule has 0 fully saturated rings. The average Bonchev–Trinajstić information content (AvgIpc) is 2.94. The number of ether oxygens (including phenoxy) is 3. The zero-order valence-electron chi connectivity index (χ0n) is 16.4. The highest BCUT2D eigenvalue weighted by Gasteiger charge is 2.28. The normalized spacial score (nSPS) is 15.2. The Hall–Kier alpha value is -2.73. The van der Waals surface area contributed by atoms with Gasteiger partial charge in [-0.05, 0) is 54.8 Å². The van der Waals surface area contributed by atoms with Crippen LogP contribution in [0.3, 0.4) is 0 Å². The van der Waals surface area contributed by atoms with Gasteiger partial charge >= 0.3 is 0 Å². The number of anilines is 1. The molecule has 1 atom stereocenters. The molecule has 27 heavy (non-hydrogen) atoms. The van der Waals surface area contributed by atoms with Crippen LogP contribution in [-0.4, -0.2) is 35.4 Å². The van der Waals surface area contributed by atoms with Gasteiger partial charge in [-0.15, -0.1) is 0 Å². The van der Waals surface area contributed by atoms with E-state index in [2.05, 4.69) is 10.6 Å². The molecule has 0 bridgehead atoms. The van der Waals surface area contributed by atoms with E-state index in [4.69, 9.17) is 14.2 Å². The van der Waals surface area contributed by atoms with Crippen LogP contribution in [0.1, 0.15) is 23.6 Å². The molecule has 0 unspecified atom stereocenters. The van der Waals surface area contributed by atoms with E-state index in [9.17, 15) is 4.79 Å². The van der Waals surface area contributed by atoms with E-state index in [-0.39, 0.29) is 11.5 Å². The van der Waals surface area contributed by atoms with Gasteiger partial charge in [-0.1, -0.05) is 6.07 Å². The quantitative estimate of drug-likeness (QED) is 0.843. The van der Waals surface area contributed by atoms with Crippen LogP contribution in [0.5, 0.6) is 17.2 Å². The lowest BCUT2D eigenvalue weighted by atomic mass is 9.95. The van der Waals surface area contributed by atoms with E-state index in [1.165, 1.54) is 0 Å². The maximum atomic E-state index is 12.6. The average molecular weight is 370 g/mol. The third kappa shape index (κ3) is 3.21.